The maximum atomic E-state index is 4.79. The van der Waals surface area contributed by atoms with Crippen LogP contribution in [0.5, 0.6) is 0 Å². The molecule has 0 fully saturated rings. The van der Waals surface area contributed by atoms with E-state index in [2.05, 4.69) is 68.0 Å². The quantitative estimate of drug-likeness (QED) is 0.427. The van der Waals surface area contributed by atoms with Crippen LogP contribution in [0.1, 0.15) is 39.3 Å². The van der Waals surface area contributed by atoms with Crippen molar-refractivity contribution in [2.75, 3.05) is 20.1 Å². The molecular weight excluding hydrogens is 375 g/mol. The van der Waals surface area contributed by atoms with Crippen molar-refractivity contribution in [3.8, 4) is 0 Å². The Kier molecular flexibility index (Phi) is 10.6. The van der Waals surface area contributed by atoms with Crippen molar-refractivity contribution in [1.29, 1.82) is 0 Å². The van der Waals surface area contributed by atoms with Gasteiger partial charge in [-0.1, -0.05) is 26.7 Å². The first-order chi connectivity index (χ1) is 9.62. The molecule has 0 radical (unpaired) electrons. The number of guanidine groups is 1. The van der Waals surface area contributed by atoms with Gasteiger partial charge in [-0.05, 0) is 25.0 Å². The van der Waals surface area contributed by atoms with Gasteiger partial charge in [-0.3, -0.25) is 4.99 Å². The third-order valence-electron chi connectivity index (χ3n) is 3.80. The van der Waals surface area contributed by atoms with Crippen molar-refractivity contribution in [3.05, 3.63) is 24.0 Å². The molecule has 0 aliphatic rings. The topological polar surface area (TPSA) is 32.6 Å². The normalized spacial score (nSPS) is 11.4. The Morgan fingerprint density at radius 1 is 1.33 bits per heavy atom. The first-order valence-electron chi connectivity index (χ1n) is 7.71. The average Bonchev–Trinajstić information content (AvgIpc) is 2.84. The fraction of sp³-hybridized carbons (Fsp3) is 0.688. The number of aliphatic imine (C=N–C) groups is 1. The lowest BCUT2D eigenvalue weighted by Gasteiger charge is -2.23. The Labute approximate surface area is 147 Å². The Morgan fingerprint density at radius 2 is 2.00 bits per heavy atom. The molecule has 1 aromatic rings. The van der Waals surface area contributed by atoms with E-state index >= 15 is 0 Å². The summed E-state index contributed by atoms with van der Waals surface area (Å²) in [6.45, 7) is 9.28. The molecule has 0 aliphatic carbocycles. The summed E-state index contributed by atoms with van der Waals surface area (Å²) in [5.74, 6) is 1.69. The largest absolute Gasteiger partial charge is 0.357 e. The van der Waals surface area contributed by atoms with Crippen molar-refractivity contribution >= 4 is 29.9 Å². The number of aromatic nitrogens is 1. The summed E-state index contributed by atoms with van der Waals surface area (Å²) >= 11 is 0. The summed E-state index contributed by atoms with van der Waals surface area (Å²) in [4.78, 5) is 6.98. The maximum Gasteiger partial charge on any atom is 0.194 e. The van der Waals surface area contributed by atoms with Gasteiger partial charge in [0.25, 0.3) is 0 Å². The van der Waals surface area contributed by atoms with Crippen LogP contribution < -0.4 is 5.32 Å². The molecule has 21 heavy (non-hydrogen) atoms. The molecule has 0 saturated carbocycles. The number of hydrogen-bond acceptors (Lipinski definition) is 1. The highest BCUT2D eigenvalue weighted by atomic mass is 127. The molecule has 0 aliphatic heterocycles. The second kappa shape index (κ2) is 10.9. The maximum absolute atomic E-state index is 4.79. The highest BCUT2D eigenvalue weighted by Gasteiger charge is 2.09. The third kappa shape index (κ3) is 6.72. The van der Waals surface area contributed by atoms with Crippen molar-refractivity contribution in [2.45, 2.75) is 40.2 Å². The first kappa shape index (κ1) is 20.3. The predicted molar refractivity (Wildman–Crippen MR) is 102 cm³/mol. The van der Waals surface area contributed by atoms with E-state index in [4.69, 9.17) is 4.99 Å². The van der Waals surface area contributed by atoms with E-state index < -0.39 is 0 Å². The van der Waals surface area contributed by atoms with Gasteiger partial charge in [0.15, 0.2) is 5.96 Å². The number of rotatable bonds is 7. The monoisotopic (exact) mass is 406 g/mol. The average molecular weight is 406 g/mol. The van der Waals surface area contributed by atoms with E-state index in [9.17, 15) is 0 Å². The van der Waals surface area contributed by atoms with Crippen molar-refractivity contribution in [3.63, 3.8) is 0 Å². The zero-order valence-corrected chi connectivity index (χ0v) is 16.4. The lowest BCUT2D eigenvalue weighted by molar-refractivity contribution is 0.451. The van der Waals surface area contributed by atoms with Gasteiger partial charge in [0.2, 0.25) is 0 Å². The van der Waals surface area contributed by atoms with Gasteiger partial charge in [-0.2, -0.15) is 0 Å². The fourth-order valence-corrected chi connectivity index (χ4v) is 2.21. The van der Waals surface area contributed by atoms with Crippen molar-refractivity contribution in [1.82, 2.24) is 14.8 Å². The molecule has 4 nitrogen and oxygen atoms in total. The van der Waals surface area contributed by atoms with Crippen LogP contribution in [0.15, 0.2) is 23.3 Å². The molecule has 5 heteroatoms. The van der Waals surface area contributed by atoms with E-state index in [0.717, 1.165) is 25.6 Å². The van der Waals surface area contributed by atoms with Crippen LogP contribution in [0.25, 0.3) is 0 Å². The van der Waals surface area contributed by atoms with Gasteiger partial charge in [0.1, 0.15) is 0 Å². The Bertz CT molecular complexity index is 410. The van der Waals surface area contributed by atoms with Gasteiger partial charge >= 0.3 is 0 Å². The molecule has 1 rings (SSSR count). The summed E-state index contributed by atoms with van der Waals surface area (Å²) in [5.41, 5.74) is 1.29. The van der Waals surface area contributed by atoms with Crippen LogP contribution in [0.2, 0.25) is 0 Å². The fourth-order valence-electron chi connectivity index (χ4n) is 2.21. The van der Waals surface area contributed by atoms with Crippen LogP contribution in [0, 0.1) is 5.92 Å². The second-order valence-electron chi connectivity index (χ2n) is 5.34. The molecule has 1 heterocycles. The number of nitrogens with one attached hydrogen (secondary N) is 1. The van der Waals surface area contributed by atoms with Crippen LogP contribution in [-0.4, -0.2) is 35.6 Å². The van der Waals surface area contributed by atoms with E-state index in [1.807, 2.05) is 0 Å². The Hall–Kier alpha value is -0.720. The smallest absolute Gasteiger partial charge is 0.194 e. The first-order valence-corrected chi connectivity index (χ1v) is 7.71. The third-order valence-corrected chi connectivity index (χ3v) is 3.80. The molecule has 1 N–H and O–H groups in total. The van der Waals surface area contributed by atoms with Crippen LogP contribution in [-0.2, 0) is 13.6 Å². The second-order valence-corrected chi connectivity index (χ2v) is 5.34. The van der Waals surface area contributed by atoms with Gasteiger partial charge in [0.05, 0.1) is 6.54 Å². The van der Waals surface area contributed by atoms with Crippen LogP contribution >= 0.6 is 24.0 Å². The highest BCUT2D eigenvalue weighted by Crippen LogP contribution is 2.08. The molecule has 122 valence electrons. The SMILES string of the molecule is CCNC(=NCC(CC)CC)N(C)Cc1cccn1C.I. The van der Waals surface area contributed by atoms with Gasteiger partial charge in [-0.15, -0.1) is 24.0 Å². The van der Waals surface area contributed by atoms with Gasteiger partial charge < -0.3 is 14.8 Å². The minimum Gasteiger partial charge on any atom is -0.357 e. The molecule has 0 saturated heterocycles. The number of halogens is 1. The molecule has 0 amide bonds. The lowest BCUT2D eigenvalue weighted by Crippen LogP contribution is -2.39. The summed E-state index contributed by atoms with van der Waals surface area (Å²) in [7, 11) is 4.18. The zero-order valence-electron chi connectivity index (χ0n) is 14.1. The molecule has 0 aromatic carbocycles. The highest BCUT2D eigenvalue weighted by molar-refractivity contribution is 14.0. The van der Waals surface area contributed by atoms with Crippen LogP contribution in [0.3, 0.4) is 0 Å². The Balaban J connectivity index is 0.00000400. The van der Waals surface area contributed by atoms with Crippen molar-refractivity contribution in [2.24, 2.45) is 18.0 Å². The van der Waals surface area contributed by atoms with Crippen molar-refractivity contribution < 1.29 is 0 Å². The molecule has 1 aromatic heterocycles. The molecular formula is C16H31IN4. The number of hydrogen-bond donors (Lipinski definition) is 1. The molecule has 0 unspecified atom stereocenters. The minimum atomic E-state index is 0. The summed E-state index contributed by atoms with van der Waals surface area (Å²) < 4.78 is 2.15. The number of aryl methyl sites for hydroxylation is 1. The zero-order chi connectivity index (χ0) is 15.0. The minimum absolute atomic E-state index is 0. The van der Waals surface area contributed by atoms with E-state index in [0.29, 0.717) is 5.92 Å². The molecule has 0 spiro atoms. The summed E-state index contributed by atoms with van der Waals surface area (Å²) in [6.07, 6.45) is 4.47. The Morgan fingerprint density at radius 3 is 2.48 bits per heavy atom. The van der Waals surface area contributed by atoms with E-state index in [1.54, 1.807) is 0 Å². The molecule has 0 bridgehead atoms. The van der Waals surface area contributed by atoms with Crippen LogP contribution in [0.4, 0.5) is 0 Å². The van der Waals surface area contributed by atoms with E-state index in [1.165, 1.54) is 18.5 Å². The number of nitrogens with zero attached hydrogens (tertiary/aromatic N) is 3. The summed E-state index contributed by atoms with van der Waals surface area (Å²) in [5, 5.41) is 3.38. The van der Waals surface area contributed by atoms with Gasteiger partial charge in [-0.25, -0.2) is 0 Å². The lowest BCUT2D eigenvalue weighted by atomic mass is 10.0. The van der Waals surface area contributed by atoms with Gasteiger partial charge in [0, 0.05) is 39.1 Å². The standard InChI is InChI=1S/C16H30N4.HI/c1-6-14(7-2)12-18-16(17-8-3)20(5)13-15-10-9-11-19(15)4;/h9-11,14H,6-8,12-13H2,1-5H3,(H,17,18);1H. The molecule has 0 atom stereocenters. The van der Waals surface area contributed by atoms with E-state index in [-0.39, 0.29) is 24.0 Å². The summed E-state index contributed by atoms with van der Waals surface area (Å²) in [6, 6.07) is 4.23. The predicted octanol–water partition coefficient (Wildman–Crippen LogP) is 3.48.